The second-order valence-corrected chi connectivity index (χ2v) is 4.09. The lowest BCUT2D eigenvalue weighted by molar-refractivity contribution is 0.0165. The largest absolute Gasteiger partial charge is 0.497 e. The predicted molar refractivity (Wildman–Crippen MR) is 64.0 cm³/mol. The third kappa shape index (κ3) is 3.11. The van der Waals surface area contributed by atoms with Crippen molar-refractivity contribution in [2.24, 2.45) is 0 Å². The molecule has 0 fully saturated rings. The number of halogens is 1. The Labute approximate surface area is 101 Å². The Morgan fingerprint density at radius 2 is 2.06 bits per heavy atom. The van der Waals surface area contributed by atoms with Gasteiger partial charge in [0.25, 0.3) is 0 Å². The molecule has 4 heteroatoms. The fourth-order valence-electron chi connectivity index (χ4n) is 1.54. The summed E-state index contributed by atoms with van der Waals surface area (Å²) in [5, 5.41) is 19.6. The van der Waals surface area contributed by atoms with Crippen molar-refractivity contribution in [1.82, 2.24) is 0 Å². The van der Waals surface area contributed by atoms with Crippen molar-refractivity contribution < 1.29 is 14.9 Å². The molecular formula is C12H17ClO3. The SMILES string of the molecule is COc1ccc(C)c(C(O)C(O)CCCl)c1. The molecule has 0 aromatic heterocycles. The second kappa shape index (κ2) is 6.09. The minimum atomic E-state index is -0.922. The highest BCUT2D eigenvalue weighted by Crippen LogP contribution is 2.26. The normalized spacial score (nSPS) is 14.6. The van der Waals surface area contributed by atoms with Gasteiger partial charge in [0, 0.05) is 5.88 Å². The van der Waals surface area contributed by atoms with Gasteiger partial charge >= 0.3 is 0 Å². The number of ether oxygens (including phenoxy) is 1. The molecule has 0 saturated carbocycles. The van der Waals surface area contributed by atoms with Crippen LogP contribution in [-0.2, 0) is 0 Å². The lowest BCUT2D eigenvalue weighted by Gasteiger charge is -2.19. The predicted octanol–water partition coefficient (Wildman–Crippen LogP) is 2.03. The fraction of sp³-hybridized carbons (Fsp3) is 0.500. The smallest absolute Gasteiger partial charge is 0.119 e. The van der Waals surface area contributed by atoms with Crippen molar-refractivity contribution >= 4 is 11.6 Å². The highest BCUT2D eigenvalue weighted by atomic mass is 35.5. The van der Waals surface area contributed by atoms with Crippen LogP contribution in [0.3, 0.4) is 0 Å². The first-order chi connectivity index (χ1) is 7.60. The van der Waals surface area contributed by atoms with Gasteiger partial charge in [0.1, 0.15) is 11.9 Å². The summed E-state index contributed by atoms with van der Waals surface area (Å²) in [6.07, 6.45) is -1.41. The number of aryl methyl sites for hydroxylation is 1. The van der Waals surface area contributed by atoms with Crippen molar-refractivity contribution in [1.29, 1.82) is 0 Å². The summed E-state index contributed by atoms with van der Waals surface area (Å²) in [5.41, 5.74) is 1.60. The summed E-state index contributed by atoms with van der Waals surface area (Å²) in [6.45, 7) is 1.88. The Kier molecular flexibility index (Phi) is 5.06. The van der Waals surface area contributed by atoms with Crippen LogP contribution in [0.1, 0.15) is 23.7 Å². The standard InChI is InChI=1S/C12H17ClO3/c1-8-3-4-9(16-2)7-10(8)12(15)11(14)5-6-13/h3-4,7,11-12,14-15H,5-6H2,1-2H3. The van der Waals surface area contributed by atoms with E-state index in [4.69, 9.17) is 16.3 Å². The molecule has 0 aliphatic carbocycles. The number of rotatable bonds is 5. The van der Waals surface area contributed by atoms with Crippen LogP contribution in [0.15, 0.2) is 18.2 Å². The average molecular weight is 245 g/mol. The highest BCUT2D eigenvalue weighted by molar-refractivity contribution is 6.17. The molecule has 0 amide bonds. The number of aliphatic hydroxyl groups is 2. The van der Waals surface area contributed by atoms with Gasteiger partial charge in [-0.15, -0.1) is 11.6 Å². The van der Waals surface area contributed by atoms with Crippen molar-refractivity contribution in [3.05, 3.63) is 29.3 Å². The third-order valence-electron chi connectivity index (χ3n) is 2.57. The van der Waals surface area contributed by atoms with E-state index in [-0.39, 0.29) is 0 Å². The number of hydrogen-bond acceptors (Lipinski definition) is 3. The highest BCUT2D eigenvalue weighted by Gasteiger charge is 2.19. The summed E-state index contributed by atoms with van der Waals surface area (Å²) >= 11 is 5.53. The molecule has 1 aromatic rings. The molecule has 1 aromatic carbocycles. The molecule has 0 radical (unpaired) electrons. The van der Waals surface area contributed by atoms with Crippen LogP contribution in [0, 0.1) is 6.92 Å². The van der Waals surface area contributed by atoms with E-state index < -0.39 is 12.2 Å². The van der Waals surface area contributed by atoms with E-state index in [0.717, 1.165) is 5.56 Å². The molecule has 0 saturated heterocycles. The maximum atomic E-state index is 9.96. The summed E-state index contributed by atoms with van der Waals surface area (Å²) in [5.74, 6) is 0.985. The summed E-state index contributed by atoms with van der Waals surface area (Å²) in [6, 6.07) is 5.40. The van der Waals surface area contributed by atoms with Crippen LogP contribution in [-0.4, -0.2) is 29.3 Å². The topological polar surface area (TPSA) is 49.7 Å². The molecule has 0 aliphatic rings. The van der Waals surface area contributed by atoms with Crippen LogP contribution in [0.2, 0.25) is 0 Å². The summed E-state index contributed by atoms with van der Waals surface area (Å²) in [4.78, 5) is 0. The van der Waals surface area contributed by atoms with Crippen LogP contribution in [0.4, 0.5) is 0 Å². The molecule has 0 spiro atoms. The fourth-order valence-corrected chi connectivity index (χ4v) is 1.76. The van der Waals surface area contributed by atoms with Crippen LogP contribution < -0.4 is 4.74 Å². The molecule has 0 heterocycles. The Balaban J connectivity index is 2.92. The Hall–Kier alpha value is -0.770. The van der Waals surface area contributed by atoms with Gasteiger partial charge in [-0.2, -0.15) is 0 Å². The lowest BCUT2D eigenvalue weighted by atomic mass is 9.98. The van der Waals surface area contributed by atoms with Crippen molar-refractivity contribution in [3.8, 4) is 5.75 Å². The maximum absolute atomic E-state index is 9.96. The number of alkyl halides is 1. The quantitative estimate of drug-likeness (QED) is 0.780. The minimum absolute atomic E-state index is 0.321. The molecular weight excluding hydrogens is 228 g/mol. The van der Waals surface area contributed by atoms with E-state index >= 15 is 0 Å². The first-order valence-electron chi connectivity index (χ1n) is 5.16. The van der Waals surface area contributed by atoms with E-state index in [1.807, 2.05) is 19.1 Å². The molecule has 2 atom stereocenters. The second-order valence-electron chi connectivity index (χ2n) is 3.71. The van der Waals surface area contributed by atoms with Gasteiger partial charge in [-0.3, -0.25) is 0 Å². The van der Waals surface area contributed by atoms with Gasteiger partial charge in [-0.1, -0.05) is 6.07 Å². The van der Waals surface area contributed by atoms with E-state index in [0.29, 0.717) is 23.6 Å². The zero-order valence-corrected chi connectivity index (χ0v) is 10.2. The molecule has 0 bridgehead atoms. The van der Waals surface area contributed by atoms with Gasteiger partial charge < -0.3 is 14.9 Å². The van der Waals surface area contributed by atoms with Gasteiger partial charge in [0.05, 0.1) is 13.2 Å². The van der Waals surface area contributed by atoms with E-state index in [1.165, 1.54) is 0 Å². The zero-order chi connectivity index (χ0) is 12.1. The Morgan fingerprint density at radius 3 is 2.62 bits per heavy atom. The summed E-state index contributed by atoms with van der Waals surface area (Å²) in [7, 11) is 1.57. The first-order valence-corrected chi connectivity index (χ1v) is 5.70. The maximum Gasteiger partial charge on any atom is 0.119 e. The van der Waals surface area contributed by atoms with E-state index in [1.54, 1.807) is 13.2 Å². The molecule has 16 heavy (non-hydrogen) atoms. The molecule has 2 N–H and O–H groups in total. The van der Waals surface area contributed by atoms with Crippen LogP contribution in [0.25, 0.3) is 0 Å². The molecule has 0 aliphatic heterocycles. The average Bonchev–Trinajstić information content (AvgIpc) is 2.29. The summed E-state index contributed by atoms with van der Waals surface area (Å²) < 4.78 is 5.08. The van der Waals surface area contributed by atoms with Crippen LogP contribution >= 0.6 is 11.6 Å². The molecule has 90 valence electrons. The Bertz CT molecular complexity index is 341. The number of aliphatic hydroxyl groups excluding tert-OH is 2. The molecule has 1 rings (SSSR count). The van der Waals surface area contributed by atoms with Crippen molar-refractivity contribution in [3.63, 3.8) is 0 Å². The monoisotopic (exact) mass is 244 g/mol. The molecule has 3 nitrogen and oxygen atoms in total. The van der Waals surface area contributed by atoms with Gasteiger partial charge in [-0.05, 0) is 36.6 Å². The lowest BCUT2D eigenvalue weighted by Crippen LogP contribution is -2.19. The van der Waals surface area contributed by atoms with Gasteiger partial charge in [-0.25, -0.2) is 0 Å². The zero-order valence-electron chi connectivity index (χ0n) is 9.48. The van der Waals surface area contributed by atoms with E-state index in [2.05, 4.69) is 0 Å². The van der Waals surface area contributed by atoms with E-state index in [9.17, 15) is 10.2 Å². The number of hydrogen-bond donors (Lipinski definition) is 2. The van der Waals surface area contributed by atoms with Crippen molar-refractivity contribution in [2.75, 3.05) is 13.0 Å². The minimum Gasteiger partial charge on any atom is -0.497 e. The third-order valence-corrected chi connectivity index (χ3v) is 2.79. The van der Waals surface area contributed by atoms with Gasteiger partial charge in [0.15, 0.2) is 0 Å². The first kappa shape index (κ1) is 13.3. The Morgan fingerprint density at radius 1 is 1.38 bits per heavy atom. The molecule has 2 unspecified atom stereocenters. The number of methoxy groups -OCH3 is 1. The van der Waals surface area contributed by atoms with Crippen LogP contribution in [0.5, 0.6) is 5.75 Å². The number of benzene rings is 1. The van der Waals surface area contributed by atoms with Crippen molar-refractivity contribution in [2.45, 2.75) is 25.6 Å². The van der Waals surface area contributed by atoms with Gasteiger partial charge in [0.2, 0.25) is 0 Å².